The average molecular weight is 470 g/mol. The summed E-state index contributed by atoms with van der Waals surface area (Å²) in [5.41, 5.74) is 14.5. The van der Waals surface area contributed by atoms with Crippen molar-refractivity contribution in [1.82, 2.24) is 0 Å². The minimum absolute atomic E-state index is 0.264. The number of nitrogens with two attached hydrogens (primary N) is 1. The number of anilines is 1. The highest BCUT2D eigenvalue weighted by Crippen LogP contribution is 2.43. The number of nitrogen functional groups attached to an aromatic ring is 1. The van der Waals surface area contributed by atoms with Gasteiger partial charge < -0.3 is 19.9 Å². The van der Waals surface area contributed by atoms with Crippen LogP contribution in [0.1, 0.15) is 68.2 Å². The van der Waals surface area contributed by atoms with Gasteiger partial charge in [-0.2, -0.15) is 0 Å². The molecule has 0 aromatic heterocycles. The zero-order valence-electron chi connectivity index (χ0n) is 20.8. The molecule has 1 atom stereocenters. The minimum Gasteiger partial charge on any atom is -0.490 e. The fourth-order valence-corrected chi connectivity index (χ4v) is 5.22. The Hall–Kier alpha value is -3.40. The van der Waals surface area contributed by atoms with Crippen LogP contribution in [0, 0.1) is 0 Å². The maximum Gasteiger partial charge on any atom is 0.161 e. The zero-order chi connectivity index (χ0) is 24.2. The molecule has 1 unspecified atom stereocenters. The number of allylic oxidation sites excluding steroid dienone is 1. The van der Waals surface area contributed by atoms with Crippen LogP contribution in [0.25, 0.3) is 11.1 Å². The molecule has 0 saturated carbocycles. The Bertz CT molecular complexity index is 1210. The summed E-state index contributed by atoms with van der Waals surface area (Å²) < 4.78 is 18.0. The number of hydrogen-bond donors (Lipinski definition) is 1. The maximum atomic E-state index is 6.27. The van der Waals surface area contributed by atoms with Gasteiger partial charge in [-0.15, -0.1) is 0 Å². The van der Waals surface area contributed by atoms with Crippen molar-refractivity contribution < 1.29 is 14.2 Å². The Labute approximate surface area is 208 Å². The second kappa shape index (κ2) is 10.5. The lowest BCUT2D eigenvalue weighted by atomic mass is 9.87. The van der Waals surface area contributed by atoms with Crippen molar-refractivity contribution in [3.05, 3.63) is 82.9 Å². The predicted molar refractivity (Wildman–Crippen MR) is 143 cm³/mol. The normalized spacial score (nSPS) is 15.8. The van der Waals surface area contributed by atoms with E-state index in [4.69, 9.17) is 19.9 Å². The Balaban J connectivity index is 1.60. The van der Waals surface area contributed by atoms with Crippen molar-refractivity contribution >= 4 is 16.8 Å². The molecule has 0 bridgehead atoms. The van der Waals surface area contributed by atoms with Crippen LogP contribution in [0.3, 0.4) is 0 Å². The molecule has 0 fully saturated rings. The summed E-state index contributed by atoms with van der Waals surface area (Å²) >= 11 is 0. The number of ether oxygens (including phenoxy) is 3. The highest BCUT2D eigenvalue weighted by molar-refractivity contribution is 6.00. The first-order chi connectivity index (χ1) is 17.2. The summed E-state index contributed by atoms with van der Waals surface area (Å²) in [5, 5.41) is 0. The first kappa shape index (κ1) is 23.3. The van der Waals surface area contributed by atoms with Crippen molar-refractivity contribution in [1.29, 1.82) is 0 Å². The van der Waals surface area contributed by atoms with Crippen LogP contribution in [-0.4, -0.2) is 19.3 Å². The van der Waals surface area contributed by atoms with Crippen molar-refractivity contribution in [2.75, 3.05) is 18.9 Å². The van der Waals surface area contributed by atoms with E-state index in [1.807, 2.05) is 12.1 Å². The molecule has 1 aliphatic heterocycles. The highest BCUT2D eigenvalue weighted by atomic mass is 16.6. The molecule has 182 valence electrons. The lowest BCUT2D eigenvalue weighted by Gasteiger charge is -2.21. The molecule has 5 rings (SSSR count). The van der Waals surface area contributed by atoms with Gasteiger partial charge in [-0.05, 0) is 102 Å². The topological polar surface area (TPSA) is 53.7 Å². The molecule has 3 aromatic carbocycles. The summed E-state index contributed by atoms with van der Waals surface area (Å²) in [7, 11) is 0. The van der Waals surface area contributed by atoms with Crippen LogP contribution >= 0.6 is 0 Å². The monoisotopic (exact) mass is 469 g/mol. The smallest absolute Gasteiger partial charge is 0.161 e. The zero-order valence-corrected chi connectivity index (χ0v) is 20.8. The summed E-state index contributed by atoms with van der Waals surface area (Å²) in [6.07, 6.45) is 6.54. The molecule has 0 saturated heterocycles. The van der Waals surface area contributed by atoms with E-state index < -0.39 is 0 Å². The molecule has 35 heavy (non-hydrogen) atoms. The van der Waals surface area contributed by atoms with E-state index in [1.54, 1.807) is 0 Å². The molecule has 0 amide bonds. The van der Waals surface area contributed by atoms with E-state index in [2.05, 4.69) is 62.4 Å². The second-order valence-corrected chi connectivity index (χ2v) is 9.44. The van der Waals surface area contributed by atoms with Gasteiger partial charge in [0, 0.05) is 5.69 Å². The summed E-state index contributed by atoms with van der Waals surface area (Å²) in [6, 6.07) is 21.3. The van der Waals surface area contributed by atoms with Gasteiger partial charge in [0.15, 0.2) is 11.5 Å². The van der Waals surface area contributed by atoms with Crippen molar-refractivity contribution in [3.8, 4) is 17.2 Å². The third-order valence-corrected chi connectivity index (χ3v) is 6.98. The third-order valence-electron chi connectivity index (χ3n) is 6.98. The largest absolute Gasteiger partial charge is 0.490 e. The van der Waals surface area contributed by atoms with Crippen LogP contribution in [-0.2, 0) is 6.42 Å². The molecule has 4 nitrogen and oxygen atoms in total. The van der Waals surface area contributed by atoms with Crippen LogP contribution < -0.4 is 19.9 Å². The van der Waals surface area contributed by atoms with Gasteiger partial charge in [0.1, 0.15) is 19.0 Å². The molecule has 4 heteroatoms. The molecular weight excluding hydrogens is 434 g/mol. The van der Waals surface area contributed by atoms with Gasteiger partial charge in [-0.1, -0.05) is 44.5 Å². The van der Waals surface area contributed by atoms with E-state index in [-0.39, 0.29) is 6.10 Å². The fraction of sp³-hybridized carbons (Fsp3) is 0.355. The molecule has 3 aromatic rings. The number of aryl methyl sites for hydroxylation is 1. The maximum absolute atomic E-state index is 6.27. The van der Waals surface area contributed by atoms with Crippen molar-refractivity contribution in [2.24, 2.45) is 0 Å². The van der Waals surface area contributed by atoms with E-state index in [0.717, 1.165) is 61.5 Å². The van der Waals surface area contributed by atoms with Gasteiger partial charge in [0.25, 0.3) is 0 Å². The average Bonchev–Trinajstić information content (AvgIpc) is 3.08. The number of benzene rings is 3. The van der Waals surface area contributed by atoms with Crippen molar-refractivity contribution in [3.63, 3.8) is 0 Å². The first-order valence-corrected chi connectivity index (χ1v) is 12.9. The number of rotatable bonds is 7. The fourth-order valence-electron chi connectivity index (χ4n) is 5.22. The second-order valence-electron chi connectivity index (χ2n) is 9.44. The quantitative estimate of drug-likeness (QED) is 0.369. The van der Waals surface area contributed by atoms with Gasteiger partial charge in [-0.25, -0.2) is 0 Å². The van der Waals surface area contributed by atoms with Crippen LogP contribution in [0.2, 0.25) is 0 Å². The summed E-state index contributed by atoms with van der Waals surface area (Å²) in [5.74, 6) is 2.58. The van der Waals surface area contributed by atoms with Crippen LogP contribution in [0.5, 0.6) is 17.2 Å². The van der Waals surface area contributed by atoms with E-state index >= 15 is 0 Å². The van der Waals surface area contributed by atoms with E-state index in [1.165, 1.54) is 33.4 Å². The molecule has 1 heterocycles. The standard InChI is InChI=1S/C31H35NO3/c1-3-6-25(4-2)35-26-13-9-21(10-14-26)31-27(8-5-7-22-19-24(32)12-15-28(22)31)23-11-16-29-30(20-23)34-18-17-33-29/h9-16,19-20,25H,3-8,17-18,32H2,1-2H3. The minimum atomic E-state index is 0.264. The lowest BCUT2D eigenvalue weighted by molar-refractivity contribution is 0.171. The number of hydrogen-bond acceptors (Lipinski definition) is 4. The summed E-state index contributed by atoms with van der Waals surface area (Å²) in [6.45, 7) is 5.58. The molecule has 2 N–H and O–H groups in total. The Morgan fingerprint density at radius 3 is 2.40 bits per heavy atom. The van der Waals surface area contributed by atoms with Crippen LogP contribution in [0.15, 0.2) is 60.7 Å². The molecule has 2 aliphatic rings. The summed E-state index contributed by atoms with van der Waals surface area (Å²) in [4.78, 5) is 0. The Morgan fingerprint density at radius 1 is 0.857 bits per heavy atom. The van der Waals surface area contributed by atoms with Gasteiger partial charge in [-0.3, -0.25) is 0 Å². The third kappa shape index (κ3) is 5.02. The Morgan fingerprint density at radius 2 is 1.63 bits per heavy atom. The number of fused-ring (bicyclic) bond motifs is 2. The highest BCUT2D eigenvalue weighted by Gasteiger charge is 2.22. The lowest BCUT2D eigenvalue weighted by Crippen LogP contribution is -2.15. The van der Waals surface area contributed by atoms with Crippen LogP contribution in [0.4, 0.5) is 5.69 Å². The molecule has 1 aliphatic carbocycles. The predicted octanol–water partition coefficient (Wildman–Crippen LogP) is 7.29. The Kier molecular flexibility index (Phi) is 6.98. The first-order valence-electron chi connectivity index (χ1n) is 12.9. The van der Waals surface area contributed by atoms with E-state index in [9.17, 15) is 0 Å². The molecular formula is C31H35NO3. The molecule has 0 radical (unpaired) electrons. The van der Waals surface area contributed by atoms with Crippen molar-refractivity contribution in [2.45, 2.75) is 58.5 Å². The van der Waals surface area contributed by atoms with E-state index in [0.29, 0.717) is 13.2 Å². The van der Waals surface area contributed by atoms with Gasteiger partial charge in [0.05, 0.1) is 6.10 Å². The SMILES string of the molecule is CCCC(CC)Oc1ccc(C2=C(c3ccc4c(c3)OCCO4)CCCc3cc(N)ccc32)cc1. The van der Waals surface area contributed by atoms with Gasteiger partial charge >= 0.3 is 0 Å². The molecule has 0 spiro atoms. The van der Waals surface area contributed by atoms with Gasteiger partial charge in [0.2, 0.25) is 0 Å².